The van der Waals surface area contributed by atoms with Crippen molar-refractivity contribution in [1.82, 2.24) is 10.3 Å². The molecule has 3 heteroatoms. The fourth-order valence-corrected chi connectivity index (χ4v) is 1.98. The van der Waals surface area contributed by atoms with Gasteiger partial charge in [-0.25, -0.2) is 0 Å². The van der Waals surface area contributed by atoms with Gasteiger partial charge in [-0.3, -0.25) is 4.98 Å². The molecule has 0 spiro atoms. The van der Waals surface area contributed by atoms with E-state index in [0.29, 0.717) is 6.04 Å². The van der Waals surface area contributed by atoms with Crippen LogP contribution in [0.1, 0.15) is 45.6 Å². The first-order chi connectivity index (χ1) is 8.80. The Balaban J connectivity index is 2.45. The lowest BCUT2D eigenvalue weighted by molar-refractivity contribution is 0.315. The summed E-state index contributed by atoms with van der Waals surface area (Å²) in [5, 5.41) is 3.50. The minimum absolute atomic E-state index is 0.607. The van der Waals surface area contributed by atoms with E-state index in [1.165, 1.54) is 12.0 Å². The van der Waals surface area contributed by atoms with Crippen molar-refractivity contribution in [2.45, 2.75) is 52.5 Å². The Morgan fingerprint density at radius 2 is 2.11 bits per heavy atom. The van der Waals surface area contributed by atoms with Gasteiger partial charge < -0.3 is 10.1 Å². The molecule has 3 nitrogen and oxygen atoms in total. The van der Waals surface area contributed by atoms with Gasteiger partial charge in [0.15, 0.2) is 0 Å². The lowest BCUT2D eigenvalue weighted by Crippen LogP contribution is -2.28. The molecule has 0 bridgehead atoms. The third-order valence-electron chi connectivity index (χ3n) is 3.01. The highest BCUT2D eigenvalue weighted by molar-refractivity contribution is 5.23. The molecular formula is C15H26N2O. The number of ether oxygens (including phenoxy) is 1. The Morgan fingerprint density at radius 1 is 1.28 bits per heavy atom. The normalized spacial score (nSPS) is 12.4. The highest BCUT2D eigenvalue weighted by Gasteiger charge is 2.05. The Morgan fingerprint density at radius 3 is 2.78 bits per heavy atom. The summed E-state index contributed by atoms with van der Waals surface area (Å²) in [4.78, 5) is 4.24. The second-order valence-corrected chi connectivity index (χ2v) is 4.58. The number of aromatic nitrogens is 1. The van der Waals surface area contributed by atoms with Crippen molar-refractivity contribution in [3.05, 3.63) is 24.0 Å². The fourth-order valence-electron chi connectivity index (χ4n) is 1.98. The number of rotatable bonds is 9. The van der Waals surface area contributed by atoms with Gasteiger partial charge in [0.05, 0.1) is 12.8 Å². The van der Waals surface area contributed by atoms with E-state index in [0.717, 1.165) is 38.2 Å². The third kappa shape index (κ3) is 5.50. The summed E-state index contributed by atoms with van der Waals surface area (Å²) in [7, 11) is 0. The van der Waals surface area contributed by atoms with Crippen LogP contribution in [0.2, 0.25) is 0 Å². The molecule has 1 N–H and O–H groups in total. The van der Waals surface area contributed by atoms with E-state index in [-0.39, 0.29) is 0 Å². The summed E-state index contributed by atoms with van der Waals surface area (Å²) in [6.07, 6.45) is 8.15. The molecule has 0 aliphatic heterocycles. The number of hydrogen-bond acceptors (Lipinski definition) is 3. The fraction of sp³-hybridized carbons (Fsp3) is 0.667. The minimum atomic E-state index is 0.607. The van der Waals surface area contributed by atoms with E-state index in [1.54, 1.807) is 6.20 Å². The van der Waals surface area contributed by atoms with E-state index in [9.17, 15) is 0 Å². The number of aryl methyl sites for hydroxylation is 1. The summed E-state index contributed by atoms with van der Waals surface area (Å²) in [6.45, 7) is 8.30. The molecule has 1 aromatic rings. The van der Waals surface area contributed by atoms with Crippen LogP contribution >= 0.6 is 0 Å². The van der Waals surface area contributed by atoms with Crippen LogP contribution in [0.3, 0.4) is 0 Å². The Hall–Kier alpha value is -1.09. The highest BCUT2D eigenvalue weighted by atomic mass is 16.5. The molecule has 102 valence electrons. The lowest BCUT2D eigenvalue weighted by atomic mass is 10.0. The predicted octanol–water partition coefficient (Wildman–Crippen LogP) is 3.19. The zero-order valence-corrected chi connectivity index (χ0v) is 11.9. The first kappa shape index (κ1) is 15.0. The van der Waals surface area contributed by atoms with E-state index >= 15 is 0 Å². The number of nitrogens with one attached hydrogen (secondary N) is 1. The van der Waals surface area contributed by atoms with Crippen LogP contribution in [0.5, 0.6) is 5.75 Å². The SMILES string of the molecule is CCCOc1cncc(CCC(CC)NCC)c1. The summed E-state index contributed by atoms with van der Waals surface area (Å²) < 4.78 is 5.60. The zero-order valence-electron chi connectivity index (χ0n) is 11.9. The average molecular weight is 250 g/mol. The van der Waals surface area contributed by atoms with Gasteiger partial charge in [-0.1, -0.05) is 20.8 Å². The summed E-state index contributed by atoms with van der Waals surface area (Å²) in [5.41, 5.74) is 1.26. The van der Waals surface area contributed by atoms with Crippen LogP contribution in [-0.4, -0.2) is 24.2 Å². The third-order valence-corrected chi connectivity index (χ3v) is 3.01. The van der Waals surface area contributed by atoms with Crippen molar-refractivity contribution >= 4 is 0 Å². The second kappa shape index (κ2) is 8.92. The molecule has 0 saturated heterocycles. The molecule has 1 rings (SSSR count). The van der Waals surface area contributed by atoms with E-state index < -0.39 is 0 Å². The van der Waals surface area contributed by atoms with Crippen molar-refractivity contribution in [3.63, 3.8) is 0 Å². The van der Waals surface area contributed by atoms with Crippen LogP contribution in [0, 0.1) is 0 Å². The first-order valence-electron chi connectivity index (χ1n) is 7.10. The molecule has 1 atom stereocenters. The maximum absolute atomic E-state index is 5.60. The van der Waals surface area contributed by atoms with Gasteiger partial charge in [0.1, 0.15) is 5.75 Å². The molecule has 1 aromatic heterocycles. The maximum Gasteiger partial charge on any atom is 0.137 e. The van der Waals surface area contributed by atoms with E-state index in [2.05, 4.69) is 37.1 Å². The molecule has 0 aliphatic carbocycles. The smallest absolute Gasteiger partial charge is 0.137 e. The van der Waals surface area contributed by atoms with Crippen LogP contribution in [0.4, 0.5) is 0 Å². The van der Waals surface area contributed by atoms with Gasteiger partial charge >= 0.3 is 0 Å². The Bertz CT molecular complexity index is 328. The van der Waals surface area contributed by atoms with E-state index in [4.69, 9.17) is 4.74 Å². The minimum Gasteiger partial charge on any atom is -0.492 e. The molecule has 0 amide bonds. The Kier molecular flexibility index (Phi) is 7.42. The standard InChI is InChI=1S/C15H26N2O/c1-4-9-18-15-10-13(11-16-12-15)7-8-14(5-2)17-6-3/h10-12,14,17H,4-9H2,1-3H3. The van der Waals surface area contributed by atoms with Gasteiger partial charge in [-0.2, -0.15) is 0 Å². The van der Waals surface area contributed by atoms with Crippen LogP contribution in [-0.2, 0) is 6.42 Å². The Labute approximate surface area is 111 Å². The van der Waals surface area contributed by atoms with Crippen LogP contribution < -0.4 is 10.1 Å². The molecule has 0 saturated carbocycles. The summed E-state index contributed by atoms with van der Waals surface area (Å²) >= 11 is 0. The van der Waals surface area contributed by atoms with Gasteiger partial charge in [-0.15, -0.1) is 0 Å². The molecule has 0 radical (unpaired) electrons. The van der Waals surface area contributed by atoms with Crippen molar-refractivity contribution in [2.24, 2.45) is 0 Å². The van der Waals surface area contributed by atoms with Gasteiger partial charge in [0, 0.05) is 12.2 Å². The number of hydrogen-bond donors (Lipinski definition) is 1. The lowest BCUT2D eigenvalue weighted by Gasteiger charge is -2.15. The molecule has 18 heavy (non-hydrogen) atoms. The molecule has 0 aliphatic rings. The van der Waals surface area contributed by atoms with Gasteiger partial charge in [-0.05, 0) is 43.9 Å². The van der Waals surface area contributed by atoms with Crippen molar-refractivity contribution in [2.75, 3.05) is 13.2 Å². The van der Waals surface area contributed by atoms with Crippen molar-refractivity contribution < 1.29 is 4.74 Å². The maximum atomic E-state index is 5.60. The number of nitrogens with zero attached hydrogens (tertiary/aromatic N) is 1. The molecular weight excluding hydrogens is 224 g/mol. The average Bonchev–Trinajstić information content (AvgIpc) is 2.41. The number of pyridine rings is 1. The first-order valence-corrected chi connectivity index (χ1v) is 7.10. The summed E-state index contributed by atoms with van der Waals surface area (Å²) in [5.74, 6) is 0.894. The highest BCUT2D eigenvalue weighted by Crippen LogP contribution is 2.14. The molecule has 0 aromatic carbocycles. The predicted molar refractivity (Wildman–Crippen MR) is 76.1 cm³/mol. The van der Waals surface area contributed by atoms with Crippen LogP contribution in [0.25, 0.3) is 0 Å². The van der Waals surface area contributed by atoms with Crippen molar-refractivity contribution in [1.29, 1.82) is 0 Å². The van der Waals surface area contributed by atoms with E-state index in [1.807, 2.05) is 6.20 Å². The van der Waals surface area contributed by atoms with Gasteiger partial charge in [0.25, 0.3) is 0 Å². The van der Waals surface area contributed by atoms with Gasteiger partial charge in [0.2, 0.25) is 0 Å². The molecule has 1 heterocycles. The quantitative estimate of drug-likeness (QED) is 0.731. The topological polar surface area (TPSA) is 34.1 Å². The molecule has 0 fully saturated rings. The van der Waals surface area contributed by atoms with Crippen LogP contribution in [0.15, 0.2) is 18.5 Å². The van der Waals surface area contributed by atoms with Crippen molar-refractivity contribution in [3.8, 4) is 5.75 Å². The second-order valence-electron chi connectivity index (χ2n) is 4.58. The monoisotopic (exact) mass is 250 g/mol. The zero-order chi connectivity index (χ0) is 13.2. The largest absolute Gasteiger partial charge is 0.492 e. The molecule has 1 unspecified atom stereocenters. The summed E-state index contributed by atoms with van der Waals surface area (Å²) in [6, 6.07) is 2.72.